The number of benzene rings is 1. The fraction of sp³-hybridized carbons (Fsp3) is 0.133. The number of carbonyl (C=O) groups is 1. The Kier molecular flexibility index (Phi) is 4.03. The molecule has 2 rings (SSSR count). The number of carbonyl (C=O) groups excluding carboxylic acids is 1. The van der Waals surface area contributed by atoms with E-state index in [-0.39, 0.29) is 17.1 Å². The minimum absolute atomic E-state index is 0.0972. The normalized spacial score (nSPS) is 10.8. The predicted octanol–water partition coefficient (Wildman–Crippen LogP) is 3.28. The molecule has 0 saturated heterocycles. The van der Waals surface area contributed by atoms with E-state index in [1.165, 1.54) is 24.5 Å². The molecule has 98 valence electrons. The molecule has 1 N–H and O–H groups in total. The van der Waals surface area contributed by atoms with Gasteiger partial charge in [-0.05, 0) is 43.3 Å². The maximum absolute atomic E-state index is 11.9. The number of ketones is 1. The van der Waals surface area contributed by atoms with Crippen molar-refractivity contribution < 1.29 is 19.1 Å². The van der Waals surface area contributed by atoms with Gasteiger partial charge in [-0.1, -0.05) is 0 Å². The van der Waals surface area contributed by atoms with Gasteiger partial charge in [-0.25, -0.2) is 0 Å². The first-order valence-corrected chi connectivity index (χ1v) is 5.92. The van der Waals surface area contributed by atoms with Gasteiger partial charge in [0.15, 0.2) is 5.78 Å². The van der Waals surface area contributed by atoms with Gasteiger partial charge in [0.05, 0.1) is 18.4 Å². The van der Waals surface area contributed by atoms with Gasteiger partial charge in [-0.3, -0.25) is 4.79 Å². The van der Waals surface area contributed by atoms with Crippen LogP contribution in [0, 0.1) is 0 Å². The minimum atomic E-state index is -0.294. The molecule has 0 fully saturated rings. The molecule has 0 amide bonds. The molecule has 4 nitrogen and oxygen atoms in total. The number of ether oxygens (including phenoxy) is 1. The third-order valence-electron chi connectivity index (χ3n) is 2.49. The van der Waals surface area contributed by atoms with Crippen LogP contribution in [-0.2, 0) is 0 Å². The summed E-state index contributed by atoms with van der Waals surface area (Å²) < 4.78 is 10.3. The van der Waals surface area contributed by atoms with Crippen LogP contribution in [-0.4, -0.2) is 17.5 Å². The first kappa shape index (κ1) is 13.0. The lowest BCUT2D eigenvalue weighted by Crippen LogP contribution is -1.97. The molecule has 0 aliphatic rings. The number of hydrogen-bond donors (Lipinski definition) is 1. The van der Waals surface area contributed by atoms with E-state index in [4.69, 9.17) is 9.15 Å². The lowest BCUT2D eigenvalue weighted by Gasteiger charge is -2.05. The van der Waals surface area contributed by atoms with E-state index in [1.807, 2.05) is 6.92 Å². The summed E-state index contributed by atoms with van der Waals surface area (Å²) in [4.78, 5) is 11.9. The van der Waals surface area contributed by atoms with Crippen LogP contribution in [0.1, 0.15) is 23.0 Å². The van der Waals surface area contributed by atoms with Crippen molar-refractivity contribution in [3.8, 4) is 11.5 Å². The van der Waals surface area contributed by atoms with Gasteiger partial charge in [-0.2, -0.15) is 0 Å². The van der Waals surface area contributed by atoms with Crippen molar-refractivity contribution in [1.29, 1.82) is 0 Å². The summed E-state index contributed by atoms with van der Waals surface area (Å²) in [6, 6.07) is 8.09. The minimum Gasteiger partial charge on any atom is -0.507 e. The lowest BCUT2D eigenvalue weighted by atomic mass is 10.1. The molecule has 1 aromatic heterocycles. The van der Waals surface area contributed by atoms with Crippen molar-refractivity contribution in [2.75, 3.05) is 6.61 Å². The molecule has 0 aliphatic heterocycles. The molecule has 0 spiro atoms. The molecular formula is C15H14O4. The van der Waals surface area contributed by atoms with Crippen LogP contribution in [0.5, 0.6) is 11.5 Å². The highest BCUT2D eigenvalue weighted by Crippen LogP contribution is 2.24. The Balaban J connectivity index is 2.15. The quantitative estimate of drug-likeness (QED) is 0.660. The number of allylic oxidation sites excluding steroid dienone is 1. The van der Waals surface area contributed by atoms with Crippen LogP contribution < -0.4 is 4.74 Å². The molecule has 1 aromatic carbocycles. The van der Waals surface area contributed by atoms with Crippen LogP contribution in [0.4, 0.5) is 0 Å². The summed E-state index contributed by atoms with van der Waals surface area (Å²) in [6.07, 6.45) is 4.44. The standard InChI is InChI=1S/C15H14O4/c1-2-18-12-5-7-13(15(17)10-12)14(16)8-6-11-4-3-9-19-11/h3-10,17H,2H2,1H3. The third-order valence-corrected chi connectivity index (χ3v) is 2.49. The van der Waals surface area contributed by atoms with E-state index in [0.29, 0.717) is 18.1 Å². The van der Waals surface area contributed by atoms with Crippen LogP contribution in [0.3, 0.4) is 0 Å². The van der Waals surface area contributed by atoms with Gasteiger partial charge in [-0.15, -0.1) is 0 Å². The Morgan fingerprint density at radius 3 is 2.89 bits per heavy atom. The van der Waals surface area contributed by atoms with E-state index < -0.39 is 0 Å². The van der Waals surface area contributed by atoms with E-state index in [1.54, 1.807) is 24.3 Å². The first-order chi connectivity index (χ1) is 9.20. The summed E-state index contributed by atoms with van der Waals surface area (Å²) in [6.45, 7) is 2.35. The van der Waals surface area contributed by atoms with Gasteiger partial charge in [0.1, 0.15) is 17.3 Å². The van der Waals surface area contributed by atoms with Gasteiger partial charge in [0.25, 0.3) is 0 Å². The summed E-state index contributed by atoms with van der Waals surface area (Å²) in [5, 5.41) is 9.79. The SMILES string of the molecule is CCOc1ccc(C(=O)C=Cc2ccco2)c(O)c1. The van der Waals surface area contributed by atoms with Crippen LogP contribution in [0.15, 0.2) is 47.1 Å². The molecule has 0 unspecified atom stereocenters. The average Bonchev–Trinajstić information content (AvgIpc) is 2.89. The van der Waals surface area contributed by atoms with E-state index >= 15 is 0 Å². The van der Waals surface area contributed by atoms with Crippen molar-refractivity contribution in [1.82, 2.24) is 0 Å². The molecule has 0 aliphatic carbocycles. The Morgan fingerprint density at radius 2 is 2.26 bits per heavy atom. The maximum atomic E-state index is 11.9. The van der Waals surface area contributed by atoms with Gasteiger partial charge in [0.2, 0.25) is 0 Å². The van der Waals surface area contributed by atoms with Gasteiger partial charge < -0.3 is 14.3 Å². The fourth-order valence-corrected chi connectivity index (χ4v) is 1.61. The van der Waals surface area contributed by atoms with Crippen LogP contribution >= 0.6 is 0 Å². The fourth-order valence-electron chi connectivity index (χ4n) is 1.61. The summed E-state index contributed by atoms with van der Waals surface area (Å²) in [5.41, 5.74) is 0.228. The van der Waals surface area contributed by atoms with Gasteiger partial charge >= 0.3 is 0 Å². The summed E-state index contributed by atoms with van der Waals surface area (Å²) >= 11 is 0. The molecule has 0 bridgehead atoms. The maximum Gasteiger partial charge on any atom is 0.189 e. The highest BCUT2D eigenvalue weighted by Gasteiger charge is 2.09. The Bertz CT molecular complexity index is 582. The van der Waals surface area contributed by atoms with Crippen LogP contribution in [0.25, 0.3) is 6.08 Å². The number of phenolic OH excluding ortho intramolecular Hbond substituents is 1. The Morgan fingerprint density at radius 1 is 1.42 bits per heavy atom. The van der Waals surface area contributed by atoms with Crippen molar-refractivity contribution >= 4 is 11.9 Å². The van der Waals surface area contributed by atoms with E-state index in [9.17, 15) is 9.90 Å². The van der Waals surface area contributed by atoms with Crippen LogP contribution in [0.2, 0.25) is 0 Å². The van der Waals surface area contributed by atoms with Crippen molar-refractivity contribution in [3.63, 3.8) is 0 Å². The number of aromatic hydroxyl groups is 1. The number of furan rings is 1. The topological polar surface area (TPSA) is 59.7 Å². The molecule has 0 radical (unpaired) electrons. The molecule has 1 heterocycles. The first-order valence-electron chi connectivity index (χ1n) is 5.92. The highest BCUT2D eigenvalue weighted by atomic mass is 16.5. The Labute approximate surface area is 110 Å². The largest absolute Gasteiger partial charge is 0.507 e. The average molecular weight is 258 g/mol. The van der Waals surface area contributed by atoms with E-state index in [2.05, 4.69) is 0 Å². The third kappa shape index (κ3) is 3.25. The second-order valence-corrected chi connectivity index (χ2v) is 3.82. The number of rotatable bonds is 5. The predicted molar refractivity (Wildman–Crippen MR) is 71.3 cm³/mol. The lowest BCUT2D eigenvalue weighted by molar-refractivity contribution is 0.104. The Hall–Kier alpha value is -2.49. The molecule has 0 atom stereocenters. The molecule has 0 saturated carbocycles. The highest BCUT2D eigenvalue weighted by molar-refractivity contribution is 6.08. The molecular weight excluding hydrogens is 244 g/mol. The van der Waals surface area contributed by atoms with Crippen molar-refractivity contribution in [2.24, 2.45) is 0 Å². The zero-order valence-corrected chi connectivity index (χ0v) is 10.5. The zero-order valence-electron chi connectivity index (χ0n) is 10.5. The summed E-state index contributed by atoms with van der Waals surface area (Å²) in [7, 11) is 0. The van der Waals surface area contributed by atoms with E-state index in [0.717, 1.165) is 0 Å². The van der Waals surface area contributed by atoms with Crippen molar-refractivity contribution in [3.05, 3.63) is 54.0 Å². The number of phenols is 1. The van der Waals surface area contributed by atoms with Crippen molar-refractivity contribution in [2.45, 2.75) is 6.92 Å². The second-order valence-electron chi connectivity index (χ2n) is 3.82. The number of hydrogen-bond acceptors (Lipinski definition) is 4. The zero-order chi connectivity index (χ0) is 13.7. The smallest absolute Gasteiger partial charge is 0.189 e. The molecule has 19 heavy (non-hydrogen) atoms. The second kappa shape index (κ2) is 5.91. The molecule has 2 aromatic rings. The summed E-state index contributed by atoms with van der Waals surface area (Å²) in [5.74, 6) is 0.724. The van der Waals surface area contributed by atoms with Gasteiger partial charge in [0, 0.05) is 6.07 Å². The monoisotopic (exact) mass is 258 g/mol. The molecule has 4 heteroatoms.